The van der Waals surface area contributed by atoms with Gasteiger partial charge in [0.2, 0.25) is 11.8 Å². The van der Waals surface area contributed by atoms with Crippen molar-refractivity contribution in [2.45, 2.75) is 37.7 Å². The van der Waals surface area contributed by atoms with Crippen LogP contribution >= 0.6 is 0 Å². The molecule has 0 aliphatic carbocycles. The van der Waals surface area contributed by atoms with E-state index in [0.29, 0.717) is 31.6 Å². The van der Waals surface area contributed by atoms with E-state index in [1.54, 1.807) is 20.4 Å². The smallest absolute Gasteiger partial charge is 0.322 e. The Bertz CT molecular complexity index is 1210. The number of hydrogen-bond acceptors (Lipinski definition) is 10. The van der Waals surface area contributed by atoms with E-state index in [2.05, 4.69) is 35.1 Å². The van der Waals surface area contributed by atoms with Crippen molar-refractivity contribution in [3.8, 4) is 11.8 Å². The zero-order valence-electron chi connectivity index (χ0n) is 21.2. The molecule has 0 unspecified atom stereocenters. The SMILES string of the molecule is COCCNC(=O)c1nc(OC[C@H]2CCCO2)nc(N2CCC(c3c[nH]c4nccc(OC)c34)CC2)n1. The topological polar surface area (TPSA) is 137 Å². The van der Waals surface area contributed by atoms with Crippen LogP contribution in [0, 0.1) is 0 Å². The quantitative estimate of drug-likeness (QED) is 0.389. The number of nitrogens with one attached hydrogen (secondary N) is 2. The lowest BCUT2D eigenvalue weighted by molar-refractivity contribution is 0.0642. The molecule has 5 rings (SSSR count). The number of amides is 1. The normalized spacial score (nSPS) is 18.3. The molecule has 2 saturated heterocycles. The van der Waals surface area contributed by atoms with Crippen LogP contribution in [-0.2, 0) is 9.47 Å². The van der Waals surface area contributed by atoms with Crippen LogP contribution in [0.4, 0.5) is 5.95 Å². The van der Waals surface area contributed by atoms with Crippen molar-refractivity contribution in [2.75, 3.05) is 58.6 Å². The minimum atomic E-state index is -0.393. The van der Waals surface area contributed by atoms with Crippen LogP contribution in [0.15, 0.2) is 18.5 Å². The third-order valence-electron chi connectivity index (χ3n) is 6.82. The van der Waals surface area contributed by atoms with Gasteiger partial charge < -0.3 is 34.1 Å². The average molecular weight is 512 g/mol. The number of fused-ring (bicyclic) bond motifs is 1. The predicted molar refractivity (Wildman–Crippen MR) is 135 cm³/mol. The summed E-state index contributed by atoms with van der Waals surface area (Å²) in [6, 6.07) is 2.02. The summed E-state index contributed by atoms with van der Waals surface area (Å²) in [5.41, 5.74) is 2.03. The summed E-state index contributed by atoms with van der Waals surface area (Å²) in [7, 11) is 3.26. The molecule has 5 heterocycles. The Balaban J connectivity index is 1.31. The van der Waals surface area contributed by atoms with Gasteiger partial charge in [0.1, 0.15) is 18.0 Å². The van der Waals surface area contributed by atoms with Crippen LogP contribution in [0.25, 0.3) is 11.0 Å². The molecule has 1 atom stereocenters. The number of pyridine rings is 1. The van der Waals surface area contributed by atoms with Crippen LogP contribution in [0.2, 0.25) is 0 Å². The summed E-state index contributed by atoms with van der Waals surface area (Å²) in [4.78, 5) is 35.8. The van der Waals surface area contributed by atoms with Gasteiger partial charge in [-0.15, -0.1) is 0 Å². The third kappa shape index (κ3) is 5.75. The number of H-pyrrole nitrogens is 1. The number of aromatic amines is 1. The summed E-state index contributed by atoms with van der Waals surface area (Å²) in [6.45, 7) is 3.27. The second-order valence-corrected chi connectivity index (χ2v) is 9.18. The largest absolute Gasteiger partial charge is 0.496 e. The number of carbonyl (C=O) groups excluding carboxylic acids is 1. The molecule has 0 radical (unpaired) electrons. The fourth-order valence-electron chi connectivity index (χ4n) is 4.88. The van der Waals surface area contributed by atoms with Crippen molar-refractivity contribution in [2.24, 2.45) is 0 Å². The molecular formula is C25H33N7O5. The fraction of sp³-hybridized carbons (Fsp3) is 0.560. The maximum absolute atomic E-state index is 12.7. The van der Waals surface area contributed by atoms with E-state index in [-0.39, 0.29) is 17.9 Å². The lowest BCUT2D eigenvalue weighted by Gasteiger charge is -2.32. The second kappa shape index (κ2) is 11.7. The van der Waals surface area contributed by atoms with E-state index < -0.39 is 5.91 Å². The van der Waals surface area contributed by atoms with Crippen molar-refractivity contribution in [3.63, 3.8) is 0 Å². The summed E-state index contributed by atoms with van der Waals surface area (Å²) in [6.07, 6.45) is 7.50. The molecule has 198 valence electrons. The van der Waals surface area contributed by atoms with E-state index in [1.807, 2.05) is 12.3 Å². The van der Waals surface area contributed by atoms with E-state index in [1.165, 1.54) is 5.56 Å². The molecule has 0 saturated carbocycles. The molecule has 12 heteroatoms. The highest BCUT2D eigenvalue weighted by Crippen LogP contribution is 2.37. The van der Waals surface area contributed by atoms with Gasteiger partial charge >= 0.3 is 6.01 Å². The molecule has 2 aliphatic heterocycles. The molecule has 2 N–H and O–H groups in total. The van der Waals surface area contributed by atoms with Gasteiger partial charge in [-0.3, -0.25) is 4.79 Å². The van der Waals surface area contributed by atoms with Crippen molar-refractivity contribution < 1.29 is 23.7 Å². The van der Waals surface area contributed by atoms with Gasteiger partial charge in [0.15, 0.2) is 0 Å². The number of anilines is 1. The molecule has 0 bridgehead atoms. The van der Waals surface area contributed by atoms with Crippen molar-refractivity contribution in [1.82, 2.24) is 30.2 Å². The zero-order chi connectivity index (χ0) is 25.6. The minimum Gasteiger partial charge on any atom is -0.496 e. The number of ether oxygens (including phenoxy) is 4. The molecule has 0 aromatic carbocycles. The lowest BCUT2D eigenvalue weighted by atomic mass is 9.89. The summed E-state index contributed by atoms with van der Waals surface area (Å²) in [5, 5.41) is 3.80. The third-order valence-corrected chi connectivity index (χ3v) is 6.82. The van der Waals surface area contributed by atoms with Crippen LogP contribution < -0.4 is 19.7 Å². The maximum atomic E-state index is 12.7. The first-order valence-electron chi connectivity index (χ1n) is 12.7. The number of nitrogens with zero attached hydrogens (tertiary/aromatic N) is 5. The summed E-state index contributed by atoms with van der Waals surface area (Å²) in [5.74, 6) is 1.22. The Morgan fingerprint density at radius 1 is 1.22 bits per heavy atom. The molecule has 0 spiro atoms. The Kier molecular flexibility index (Phi) is 7.95. The van der Waals surface area contributed by atoms with Gasteiger partial charge in [0, 0.05) is 45.7 Å². The molecule has 3 aromatic rings. The van der Waals surface area contributed by atoms with Crippen LogP contribution in [0.1, 0.15) is 47.8 Å². The molecule has 2 aliphatic rings. The van der Waals surface area contributed by atoms with Gasteiger partial charge in [-0.2, -0.15) is 15.0 Å². The molecule has 37 heavy (non-hydrogen) atoms. The van der Waals surface area contributed by atoms with Crippen molar-refractivity contribution in [1.29, 1.82) is 0 Å². The van der Waals surface area contributed by atoms with Gasteiger partial charge in [0.25, 0.3) is 5.91 Å². The Labute approximate surface area is 215 Å². The molecule has 1 amide bonds. The summed E-state index contributed by atoms with van der Waals surface area (Å²) < 4.78 is 22.1. The highest BCUT2D eigenvalue weighted by Gasteiger charge is 2.27. The Morgan fingerprint density at radius 2 is 2.08 bits per heavy atom. The maximum Gasteiger partial charge on any atom is 0.322 e. The molecule has 2 fully saturated rings. The van der Waals surface area contributed by atoms with Gasteiger partial charge in [-0.1, -0.05) is 0 Å². The highest BCUT2D eigenvalue weighted by molar-refractivity contribution is 5.90. The van der Waals surface area contributed by atoms with Crippen molar-refractivity contribution >= 4 is 22.9 Å². The Morgan fingerprint density at radius 3 is 2.84 bits per heavy atom. The molecular weight excluding hydrogens is 478 g/mol. The molecule has 3 aromatic heterocycles. The number of methoxy groups -OCH3 is 2. The number of carbonyl (C=O) groups is 1. The number of piperidine rings is 1. The average Bonchev–Trinajstić information content (AvgIpc) is 3.62. The number of aromatic nitrogens is 5. The first kappa shape index (κ1) is 25.2. The van der Waals surface area contributed by atoms with E-state index >= 15 is 0 Å². The van der Waals surface area contributed by atoms with Gasteiger partial charge in [-0.25, -0.2) is 4.98 Å². The number of hydrogen-bond donors (Lipinski definition) is 2. The van der Waals surface area contributed by atoms with Gasteiger partial charge in [0.05, 0.1) is 25.2 Å². The predicted octanol–water partition coefficient (Wildman–Crippen LogP) is 2.07. The number of rotatable bonds is 10. The van der Waals surface area contributed by atoms with E-state index in [4.69, 9.17) is 18.9 Å². The second-order valence-electron chi connectivity index (χ2n) is 9.18. The summed E-state index contributed by atoms with van der Waals surface area (Å²) >= 11 is 0. The monoisotopic (exact) mass is 511 g/mol. The van der Waals surface area contributed by atoms with Crippen LogP contribution in [-0.4, -0.2) is 90.6 Å². The highest BCUT2D eigenvalue weighted by atomic mass is 16.5. The minimum absolute atomic E-state index is 0.0117. The van der Waals surface area contributed by atoms with Crippen molar-refractivity contribution in [3.05, 3.63) is 29.8 Å². The molecule has 12 nitrogen and oxygen atoms in total. The standard InChI is InChI=1S/C25H33N7O5/c1-34-13-9-27-23(33)22-29-24(31-25(30-22)37-15-17-4-3-12-36-17)32-10-6-16(7-11-32)18-14-28-21-20(18)19(35-2)5-8-26-21/h5,8,14,16-17H,3-4,6-7,9-13,15H2,1-2H3,(H,26,28)(H,27,33)/t17-/m1/s1. The first-order chi connectivity index (χ1) is 18.2. The zero-order valence-corrected chi connectivity index (χ0v) is 21.2. The van der Waals surface area contributed by atoms with E-state index in [9.17, 15) is 4.79 Å². The van der Waals surface area contributed by atoms with Crippen LogP contribution in [0.5, 0.6) is 11.8 Å². The lowest BCUT2D eigenvalue weighted by Crippen LogP contribution is -2.35. The van der Waals surface area contributed by atoms with Crippen LogP contribution in [0.3, 0.4) is 0 Å². The Hall–Kier alpha value is -3.51. The fourth-order valence-corrected chi connectivity index (χ4v) is 4.88. The van der Waals surface area contributed by atoms with Gasteiger partial charge in [-0.05, 0) is 43.2 Å². The first-order valence-corrected chi connectivity index (χ1v) is 12.7. The van der Waals surface area contributed by atoms with E-state index in [0.717, 1.165) is 62.2 Å².